The second-order valence-electron chi connectivity index (χ2n) is 6.42. The summed E-state index contributed by atoms with van der Waals surface area (Å²) in [4.78, 5) is 12.4. The first kappa shape index (κ1) is 16.3. The highest BCUT2D eigenvalue weighted by molar-refractivity contribution is 5.89. The van der Waals surface area contributed by atoms with Gasteiger partial charge in [0.25, 0.3) is 0 Å². The van der Waals surface area contributed by atoms with E-state index < -0.39 is 0 Å². The fourth-order valence-corrected chi connectivity index (χ4v) is 3.18. The first-order chi connectivity index (χ1) is 12.7. The molecule has 1 aromatic carbocycles. The molecule has 1 fully saturated rings. The van der Waals surface area contributed by atoms with Gasteiger partial charge in [0.1, 0.15) is 11.5 Å². The van der Waals surface area contributed by atoms with Gasteiger partial charge in [-0.3, -0.25) is 0 Å². The third-order valence-corrected chi connectivity index (χ3v) is 4.59. The maximum Gasteiger partial charge on any atom is 0.231 e. The lowest BCUT2D eigenvalue weighted by Gasteiger charge is -2.24. The standard InChI is InChI=1S/C18H22N8/c19-10-11-1-2-13(9-15(11)20)24-18-25-16-14(5-8-22-16)17(26-18)23-12-3-6-21-7-4-12/h1-2,5,8-10,12,19,21H,3-4,6-7,20H2,(H3,22,23,24,25,26). The second-order valence-corrected chi connectivity index (χ2v) is 6.42. The summed E-state index contributed by atoms with van der Waals surface area (Å²) in [7, 11) is 0. The predicted molar refractivity (Wildman–Crippen MR) is 105 cm³/mol. The molecule has 7 N–H and O–H groups in total. The summed E-state index contributed by atoms with van der Waals surface area (Å²) >= 11 is 0. The summed E-state index contributed by atoms with van der Waals surface area (Å²) < 4.78 is 0. The van der Waals surface area contributed by atoms with Crippen LogP contribution in [-0.4, -0.2) is 40.3 Å². The lowest BCUT2D eigenvalue weighted by atomic mass is 10.1. The van der Waals surface area contributed by atoms with Crippen LogP contribution in [0.2, 0.25) is 0 Å². The van der Waals surface area contributed by atoms with Crippen molar-refractivity contribution in [1.82, 2.24) is 20.3 Å². The molecule has 26 heavy (non-hydrogen) atoms. The van der Waals surface area contributed by atoms with Crippen LogP contribution >= 0.6 is 0 Å². The lowest BCUT2D eigenvalue weighted by molar-refractivity contribution is 0.478. The SMILES string of the molecule is N=Cc1ccc(Nc2nc(NC3CCNCC3)c3cc[nH]c3n2)cc1N. The number of H-pyrrole nitrogens is 1. The van der Waals surface area contributed by atoms with E-state index in [4.69, 9.17) is 11.1 Å². The van der Waals surface area contributed by atoms with E-state index in [0.717, 1.165) is 48.5 Å². The number of fused-ring (bicyclic) bond motifs is 1. The van der Waals surface area contributed by atoms with Crippen molar-refractivity contribution in [3.63, 3.8) is 0 Å². The molecule has 1 aliphatic rings. The van der Waals surface area contributed by atoms with Gasteiger partial charge < -0.3 is 32.1 Å². The third kappa shape index (κ3) is 3.31. The Balaban J connectivity index is 1.62. The summed E-state index contributed by atoms with van der Waals surface area (Å²) in [6.45, 7) is 2.03. The Morgan fingerprint density at radius 3 is 2.81 bits per heavy atom. The summed E-state index contributed by atoms with van der Waals surface area (Å²) in [5.41, 5.74) is 8.75. The van der Waals surface area contributed by atoms with Crippen LogP contribution in [0.15, 0.2) is 30.5 Å². The molecule has 0 radical (unpaired) electrons. The van der Waals surface area contributed by atoms with Crippen LogP contribution in [0, 0.1) is 5.41 Å². The molecular weight excluding hydrogens is 328 g/mol. The van der Waals surface area contributed by atoms with E-state index in [1.807, 2.05) is 18.3 Å². The monoisotopic (exact) mass is 350 g/mol. The van der Waals surface area contributed by atoms with Crippen LogP contribution in [0.5, 0.6) is 0 Å². The average molecular weight is 350 g/mol. The number of hydrogen-bond donors (Lipinski definition) is 6. The van der Waals surface area contributed by atoms with E-state index in [1.54, 1.807) is 12.1 Å². The molecule has 0 atom stereocenters. The normalized spacial score (nSPS) is 15.1. The Labute approximate surface area is 151 Å². The largest absolute Gasteiger partial charge is 0.398 e. The molecule has 0 spiro atoms. The molecule has 0 saturated carbocycles. The van der Waals surface area contributed by atoms with Gasteiger partial charge in [0.15, 0.2) is 0 Å². The van der Waals surface area contributed by atoms with Crippen molar-refractivity contribution in [3.8, 4) is 0 Å². The van der Waals surface area contributed by atoms with Crippen LogP contribution in [-0.2, 0) is 0 Å². The predicted octanol–water partition coefficient (Wildman–Crippen LogP) is 2.45. The molecule has 8 heteroatoms. The smallest absolute Gasteiger partial charge is 0.231 e. The number of aromatic nitrogens is 3. The summed E-state index contributed by atoms with van der Waals surface area (Å²) in [6, 6.07) is 7.83. The molecule has 4 rings (SSSR count). The van der Waals surface area contributed by atoms with Gasteiger partial charge in [-0.05, 0) is 50.2 Å². The van der Waals surface area contributed by atoms with E-state index in [9.17, 15) is 0 Å². The van der Waals surface area contributed by atoms with Gasteiger partial charge in [-0.2, -0.15) is 9.97 Å². The van der Waals surface area contributed by atoms with E-state index >= 15 is 0 Å². The zero-order chi connectivity index (χ0) is 17.9. The fourth-order valence-electron chi connectivity index (χ4n) is 3.18. The van der Waals surface area contributed by atoms with Crippen molar-refractivity contribution in [2.24, 2.45) is 0 Å². The van der Waals surface area contributed by atoms with E-state index in [1.165, 1.54) is 6.21 Å². The maximum absolute atomic E-state index is 7.33. The van der Waals surface area contributed by atoms with Crippen molar-refractivity contribution in [2.45, 2.75) is 18.9 Å². The minimum atomic E-state index is 0.402. The molecule has 2 aromatic heterocycles. The number of benzene rings is 1. The Kier molecular flexibility index (Phi) is 4.40. The van der Waals surface area contributed by atoms with Gasteiger partial charge in [-0.15, -0.1) is 0 Å². The Morgan fingerprint density at radius 1 is 1.19 bits per heavy atom. The number of nitrogens with two attached hydrogens (primary N) is 1. The second kappa shape index (κ2) is 7.01. The first-order valence-electron chi connectivity index (χ1n) is 8.72. The number of rotatable bonds is 5. The Hall–Kier alpha value is -3.13. The van der Waals surface area contributed by atoms with Crippen LogP contribution < -0.4 is 21.7 Å². The highest BCUT2D eigenvalue weighted by Crippen LogP contribution is 2.25. The molecule has 8 nitrogen and oxygen atoms in total. The minimum absolute atomic E-state index is 0.402. The number of anilines is 4. The molecule has 1 saturated heterocycles. The Morgan fingerprint density at radius 2 is 2.04 bits per heavy atom. The summed E-state index contributed by atoms with van der Waals surface area (Å²) in [6.07, 6.45) is 5.25. The lowest BCUT2D eigenvalue weighted by Crippen LogP contribution is -2.35. The van der Waals surface area contributed by atoms with E-state index in [2.05, 4.69) is 30.9 Å². The minimum Gasteiger partial charge on any atom is -0.398 e. The van der Waals surface area contributed by atoms with Crippen molar-refractivity contribution in [3.05, 3.63) is 36.0 Å². The van der Waals surface area contributed by atoms with Gasteiger partial charge in [0, 0.05) is 35.4 Å². The molecule has 3 aromatic rings. The molecule has 0 unspecified atom stereocenters. The van der Waals surface area contributed by atoms with Gasteiger partial charge in [-0.1, -0.05) is 0 Å². The van der Waals surface area contributed by atoms with Crippen LogP contribution in [0.3, 0.4) is 0 Å². The number of nitrogen functional groups attached to an aromatic ring is 1. The van der Waals surface area contributed by atoms with Gasteiger partial charge in [0.2, 0.25) is 5.95 Å². The topological polar surface area (TPSA) is 128 Å². The van der Waals surface area contributed by atoms with Crippen LogP contribution in [0.1, 0.15) is 18.4 Å². The third-order valence-electron chi connectivity index (χ3n) is 4.59. The fraction of sp³-hybridized carbons (Fsp3) is 0.278. The Bertz CT molecular complexity index is 926. The maximum atomic E-state index is 7.33. The van der Waals surface area contributed by atoms with Crippen LogP contribution in [0.25, 0.3) is 11.0 Å². The highest BCUT2D eigenvalue weighted by atomic mass is 15.2. The molecule has 0 aliphatic carbocycles. The summed E-state index contributed by atoms with van der Waals surface area (Å²) in [5, 5.41) is 18.5. The number of piperidine rings is 1. The molecule has 1 aliphatic heterocycles. The number of hydrogen-bond acceptors (Lipinski definition) is 7. The van der Waals surface area contributed by atoms with Gasteiger partial charge in [0.05, 0.1) is 5.39 Å². The van der Waals surface area contributed by atoms with Gasteiger partial charge in [-0.25, -0.2) is 0 Å². The van der Waals surface area contributed by atoms with Crippen LogP contribution in [0.4, 0.5) is 23.1 Å². The first-order valence-corrected chi connectivity index (χ1v) is 8.72. The molecule has 0 bridgehead atoms. The molecule has 134 valence electrons. The van der Waals surface area contributed by atoms with E-state index in [-0.39, 0.29) is 0 Å². The zero-order valence-electron chi connectivity index (χ0n) is 14.3. The number of nitrogens with one attached hydrogen (secondary N) is 5. The average Bonchev–Trinajstić information content (AvgIpc) is 3.12. The van der Waals surface area contributed by atoms with Crippen molar-refractivity contribution in [1.29, 1.82) is 5.41 Å². The zero-order valence-corrected chi connectivity index (χ0v) is 14.3. The molecular formula is C18H22N8. The van der Waals surface area contributed by atoms with Gasteiger partial charge >= 0.3 is 0 Å². The van der Waals surface area contributed by atoms with Crippen molar-refractivity contribution in [2.75, 3.05) is 29.5 Å². The quantitative estimate of drug-likeness (QED) is 0.310. The summed E-state index contributed by atoms with van der Waals surface area (Å²) in [5.74, 6) is 1.33. The molecule has 0 amide bonds. The molecule has 3 heterocycles. The van der Waals surface area contributed by atoms with Crippen molar-refractivity contribution >= 4 is 40.4 Å². The number of nitrogens with zero attached hydrogens (tertiary/aromatic N) is 2. The van der Waals surface area contributed by atoms with E-state index in [0.29, 0.717) is 23.2 Å². The highest BCUT2D eigenvalue weighted by Gasteiger charge is 2.16. The number of aromatic amines is 1. The van der Waals surface area contributed by atoms with Crippen molar-refractivity contribution < 1.29 is 0 Å².